The fourth-order valence-corrected chi connectivity index (χ4v) is 3.50. The molecule has 1 aromatic heterocycles. The fraction of sp³-hybridized carbons (Fsp3) is 0.375. The van der Waals surface area contributed by atoms with E-state index in [-0.39, 0.29) is 48.8 Å². The number of aliphatic carboxylic acids is 4. The molecule has 0 fully saturated rings. The fourth-order valence-electron chi connectivity index (χ4n) is 3.50. The van der Waals surface area contributed by atoms with Crippen LogP contribution in [0.3, 0.4) is 0 Å². The molecule has 228 valence electrons. The average Bonchev–Trinajstić information content (AvgIpc) is 2.93. The Balaban J connectivity index is 0.000000528. The molecule has 3 unspecified atom stereocenters. The second-order valence-corrected chi connectivity index (χ2v) is 9.03. The quantitative estimate of drug-likeness (QED) is 0.132. The molecule has 3 rings (SSSR count). The molecule has 2 heterocycles. The predicted molar refractivity (Wildman–Crippen MR) is 148 cm³/mol. The standard InChI is InChI=1S/C19H23N7O6.C5H9NO4/c20-19-25-15-14(17(30)26-19)23-11(8-22-15)7-21-10-3-1-9(2-4-10)16(29)24-12(18(31)32)5-6-13(27)28;6-3(5(9)10)1-2-4(7)8/h1-4,11-12,21,23H,5-8H2,(H,24,29)(H,27,28)(H,31,32)(H4,20,22,25,26,30);3H,1-2,6H2,(H,7,8)(H,9,10). The van der Waals surface area contributed by atoms with Crippen LogP contribution >= 0.6 is 0 Å². The number of aromatic nitrogens is 2. The Morgan fingerprint density at radius 3 is 2.17 bits per heavy atom. The topological polar surface area (TPSA) is 312 Å². The summed E-state index contributed by atoms with van der Waals surface area (Å²) in [6.45, 7) is 0.960. The van der Waals surface area contributed by atoms with Crippen LogP contribution in [0.2, 0.25) is 0 Å². The Kier molecular flexibility index (Phi) is 12.0. The van der Waals surface area contributed by atoms with Crippen LogP contribution in [0.4, 0.5) is 23.1 Å². The summed E-state index contributed by atoms with van der Waals surface area (Å²) in [4.78, 5) is 72.5. The van der Waals surface area contributed by atoms with Gasteiger partial charge in [0, 0.05) is 37.2 Å². The zero-order valence-corrected chi connectivity index (χ0v) is 22.1. The molecule has 2 aromatic rings. The highest BCUT2D eigenvalue weighted by Gasteiger charge is 2.23. The van der Waals surface area contributed by atoms with Gasteiger partial charge in [0.2, 0.25) is 5.95 Å². The minimum atomic E-state index is -1.30. The number of fused-ring (bicyclic) bond motifs is 1. The van der Waals surface area contributed by atoms with Crippen LogP contribution in [0.1, 0.15) is 36.0 Å². The third kappa shape index (κ3) is 10.6. The van der Waals surface area contributed by atoms with Crippen LogP contribution in [0.15, 0.2) is 29.1 Å². The van der Waals surface area contributed by atoms with Gasteiger partial charge >= 0.3 is 23.9 Å². The second kappa shape index (κ2) is 15.4. The number of carbonyl (C=O) groups is 5. The number of nitrogens with one attached hydrogen (secondary N) is 5. The number of hydrogen-bond acceptors (Lipinski definition) is 12. The van der Waals surface area contributed by atoms with Crippen molar-refractivity contribution < 1.29 is 44.4 Å². The lowest BCUT2D eigenvalue weighted by Crippen LogP contribution is -2.41. The Hall–Kier alpha value is -5.39. The van der Waals surface area contributed by atoms with Crippen molar-refractivity contribution in [2.24, 2.45) is 5.73 Å². The first-order valence-corrected chi connectivity index (χ1v) is 12.5. The van der Waals surface area contributed by atoms with Gasteiger partial charge in [0.05, 0.1) is 6.04 Å². The molecule has 42 heavy (non-hydrogen) atoms. The van der Waals surface area contributed by atoms with Crippen molar-refractivity contribution >= 4 is 52.9 Å². The molecule has 13 N–H and O–H groups in total. The Bertz CT molecular complexity index is 1350. The van der Waals surface area contributed by atoms with E-state index in [0.29, 0.717) is 30.3 Å². The van der Waals surface area contributed by atoms with Crippen LogP contribution in [-0.2, 0) is 19.2 Å². The van der Waals surface area contributed by atoms with E-state index in [9.17, 15) is 28.8 Å². The molecule has 1 aliphatic heterocycles. The number of carbonyl (C=O) groups excluding carboxylic acids is 1. The molecule has 1 aliphatic rings. The maximum Gasteiger partial charge on any atom is 0.326 e. The SMILES string of the molecule is NC(CCC(=O)O)C(=O)O.Nc1nc2c(c(=O)[nH]1)NC(CNc1ccc(C(=O)NC(CCC(=O)O)C(=O)O)cc1)CN2. The van der Waals surface area contributed by atoms with Crippen LogP contribution in [0.25, 0.3) is 0 Å². The zero-order valence-electron chi connectivity index (χ0n) is 22.1. The molecular weight excluding hydrogens is 560 g/mol. The number of nitrogen functional groups attached to an aromatic ring is 1. The molecule has 0 spiro atoms. The minimum absolute atomic E-state index is 0.0231. The zero-order chi connectivity index (χ0) is 31.4. The molecule has 0 saturated carbocycles. The van der Waals surface area contributed by atoms with Crippen LogP contribution in [0, 0.1) is 0 Å². The number of nitrogens with two attached hydrogens (primary N) is 2. The molecule has 1 aromatic carbocycles. The highest BCUT2D eigenvalue weighted by Crippen LogP contribution is 2.20. The van der Waals surface area contributed by atoms with Crippen LogP contribution in [-0.4, -0.2) is 91.4 Å². The minimum Gasteiger partial charge on any atom is -0.481 e. The van der Waals surface area contributed by atoms with Crippen molar-refractivity contribution in [1.29, 1.82) is 0 Å². The van der Waals surface area contributed by atoms with E-state index in [1.807, 2.05) is 0 Å². The number of carboxylic acid groups (broad SMARTS) is 4. The lowest BCUT2D eigenvalue weighted by atomic mass is 10.1. The summed E-state index contributed by atoms with van der Waals surface area (Å²) >= 11 is 0. The molecule has 0 aliphatic carbocycles. The molecule has 18 nitrogen and oxygen atoms in total. The third-order valence-corrected chi connectivity index (χ3v) is 5.74. The van der Waals surface area contributed by atoms with Gasteiger partial charge in [0.1, 0.15) is 17.8 Å². The predicted octanol–water partition coefficient (Wildman–Crippen LogP) is -1.02. The summed E-state index contributed by atoms with van der Waals surface area (Å²) in [6.07, 6.45) is -0.811. The van der Waals surface area contributed by atoms with Crippen molar-refractivity contribution in [1.82, 2.24) is 15.3 Å². The van der Waals surface area contributed by atoms with Gasteiger partial charge in [-0.15, -0.1) is 0 Å². The second-order valence-electron chi connectivity index (χ2n) is 9.03. The number of hydrogen-bond donors (Lipinski definition) is 11. The van der Waals surface area contributed by atoms with Crippen molar-refractivity contribution in [2.75, 3.05) is 34.8 Å². The number of rotatable bonds is 13. The van der Waals surface area contributed by atoms with Gasteiger partial charge in [-0.2, -0.15) is 4.98 Å². The number of benzene rings is 1. The summed E-state index contributed by atoms with van der Waals surface area (Å²) < 4.78 is 0. The lowest BCUT2D eigenvalue weighted by Gasteiger charge is -2.27. The normalized spacial score (nSPS) is 14.7. The number of amides is 1. The van der Waals surface area contributed by atoms with Gasteiger partial charge in [-0.05, 0) is 37.1 Å². The Morgan fingerprint density at radius 1 is 0.976 bits per heavy atom. The Morgan fingerprint density at radius 2 is 1.60 bits per heavy atom. The van der Waals surface area contributed by atoms with Gasteiger partial charge in [0.25, 0.3) is 11.5 Å². The van der Waals surface area contributed by atoms with E-state index in [2.05, 4.69) is 31.2 Å². The molecule has 0 bridgehead atoms. The van der Waals surface area contributed by atoms with Crippen molar-refractivity contribution in [2.45, 2.75) is 43.8 Å². The van der Waals surface area contributed by atoms with Gasteiger partial charge in [-0.25, -0.2) is 4.79 Å². The number of aromatic amines is 1. The Labute approximate surface area is 237 Å². The highest BCUT2D eigenvalue weighted by atomic mass is 16.4. The number of H-pyrrole nitrogens is 1. The van der Waals surface area contributed by atoms with Crippen LogP contribution in [0.5, 0.6) is 0 Å². The molecular formula is C24H32N8O10. The van der Waals surface area contributed by atoms with Crippen LogP contribution < -0.4 is 38.3 Å². The van der Waals surface area contributed by atoms with E-state index in [1.54, 1.807) is 12.1 Å². The van der Waals surface area contributed by atoms with E-state index >= 15 is 0 Å². The third-order valence-electron chi connectivity index (χ3n) is 5.74. The van der Waals surface area contributed by atoms with Gasteiger partial charge in [-0.3, -0.25) is 29.0 Å². The first kappa shape index (κ1) is 32.8. The monoisotopic (exact) mass is 592 g/mol. The maximum atomic E-state index is 12.3. The van der Waals surface area contributed by atoms with Crippen molar-refractivity contribution in [3.05, 3.63) is 40.2 Å². The molecule has 1 amide bonds. The maximum absolute atomic E-state index is 12.3. The highest BCUT2D eigenvalue weighted by molar-refractivity contribution is 5.97. The largest absolute Gasteiger partial charge is 0.481 e. The number of carboxylic acids is 4. The summed E-state index contributed by atoms with van der Waals surface area (Å²) in [6, 6.07) is 3.87. The van der Waals surface area contributed by atoms with Crippen molar-refractivity contribution in [3.8, 4) is 0 Å². The molecule has 0 saturated heterocycles. The number of anilines is 4. The van der Waals surface area contributed by atoms with E-state index < -0.39 is 41.9 Å². The van der Waals surface area contributed by atoms with E-state index in [1.165, 1.54) is 12.1 Å². The van der Waals surface area contributed by atoms with Crippen molar-refractivity contribution in [3.63, 3.8) is 0 Å². The van der Waals surface area contributed by atoms with Gasteiger partial charge in [-0.1, -0.05) is 0 Å². The summed E-state index contributed by atoms with van der Waals surface area (Å²) in [5.41, 5.74) is 11.4. The van der Waals surface area contributed by atoms with E-state index in [4.69, 9.17) is 31.9 Å². The van der Waals surface area contributed by atoms with E-state index in [0.717, 1.165) is 0 Å². The van der Waals surface area contributed by atoms with Gasteiger partial charge in [0.15, 0.2) is 5.82 Å². The summed E-state index contributed by atoms with van der Waals surface area (Å²) in [7, 11) is 0. The first-order valence-electron chi connectivity index (χ1n) is 12.5. The van der Waals surface area contributed by atoms with Gasteiger partial charge < -0.3 is 53.2 Å². The summed E-state index contributed by atoms with van der Waals surface area (Å²) in [5, 5.41) is 45.8. The molecule has 0 radical (unpaired) electrons. The molecule has 3 atom stereocenters. The summed E-state index contributed by atoms with van der Waals surface area (Å²) in [5.74, 6) is -4.84. The first-order chi connectivity index (χ1) is 19.8. The lowest BCUT2D eigenvalue weighted by molar-refractivity contribution is -0.142. The smallest absolute Gasteiger partial charge is 0.326 e. The average molecular weight is 593 g/mol. The molecule has 18 heteroatoms. The number of nitrogens with zero attached hydrogens (tertiary/aromatic N) is 1.